The van der Waals surface area contributed by atoms with Crippen molar-refractivity contribution in [1.29, 1.82) is 0 Å². The Morgan fingerprint density at radius 3 is 2.77 bits per heavy atom. The molecule has 8 nitrogen and oxygen atoms in total. The lowest BCUT2D eigenvalue weighted by molar-refractivity contribution is -0.119. The summed E-state index contributed by atoms with van der Waals surface area (Å²) >= 11 is 6.07. The number of nitrogens with one attached hydrogen (secondary N) is 1. The number of anilines is 1. The molecule has 1 aromatic heterocycles. The van der Waals surface area contributed by atoms with E-state index in [0.29, 0.717) is 16.4 Å². The second-order valence-electron chi connectivity index (χ2n) is 5.38. The summed E-state index contributed by atoms with van der Waals surface area (Å²) < 4.78 is 6.42. The second-order valence-corrected chi connectivity index (χ2v) is 5.79. The van der Waals surface area contributed by atoms with Crippen LogP contribution < -0.4 is 5.32 Å². The molecule has 0 spiro atoms. The van der Waals surface area contributed by atoms with Gasteiger partial charge in [0.15, 0.2) is 6.61 Å². The maximum absolute atomic E-state index is 12.3. The van der Waals surface area contributed by atoms with Crippen LogP contribution in [-0.4, -0.2) is 38.7 Å². The van der Waals surface area contributed by atoms with Gasteiger partial charge in [0.1, 0.15) is 6.33 Å². The third-order valence-electron chi connectivity index (χ3n) is 3.45. The number of ether oxygens (including phenoxy) is 1. The van der Waals surface area contributed by atoms with Crippen LogP contribution >= 0.6 is 11.6 Å². The lowest BCUT2D eigenvalue weighted by atomic mass is 10.2. The van der Waals surface area contributed by atoms with Crippen LogP contribution in [0.25, 0.3) is 5.69 Å². The molecule has 0 radical (unpaired) electrons. The number of tetrazole rings is 1. The number of esters is 1. The highest BCUT2D eigenvalue weighted by atomic mass is 35.5. The van der Waals surface area contributed by atoms with Gasteiger partial charge in [-0.25, -0.2) is 4.79 Å². The lowest BCUT2D eigenvalue weighted by Gasteiger charge is -2.10. The van der Waals surface area contributed by atoms with Gasteiger partial charge >= 0.3 is 5.97 Å². The molecule has 2 aromatic carbocycles. The summed E-state index contributed by atoms with van der Waals surface area (Å²) in [7, 11) is 0. The smallest absolute Gasteiger partial charge is 0.340 e. The standard InChI is InChI=1S/C17H14ClN5O3/c1-11-6-7-14(13(18)8-11)20-16(24)9-26-17(25)12-4-2-3-5-15(12)23-10-19-21-22-23/h2-8,10H,9H2,1H3,(H,20,24). The zero-order valence-corrected chi connectivity index (χ0v) is 14.5. The highest BCUT2D eigenvalue weighted by molar-refractivity contribution is 6.33. The molecule has 0 saturated heterocycles. The first-order chi connectivity index (χ1) is 12.5. The first-order valence-corrected chi connectivity index (χ1v) is 7.98. The Morgan fingerprint density at radius 1 is 1.23 bits per heavy atom. The van der Waals surface area contributed by atoms with E-state index in [0.717, 1.165) is 5.56 Å². The number of aryl methyl sites for hydroxylation is 1. The Balaban J connectivity index is 1.65. The van der Waals surface area contributed by atoms with Crippen LogP contribution in [0.2, 0.25) is 5.02 Å². The van der Waals surface area contributed by atoms with Gasteiger partial charge in [0.2, 0.25) is 0 Å². The summed E-state index contributed by atoms with van der Waals surface area (Å²) in [6, 6.07) is 11.9. The first kappa shape index (κ1) is 17.6. The number of carbonyl (C=O) groups excluding carboxylic acids is 2. The average Bonchev–Trinajstić information content (AvgIpc) is 3.16. The maximum atomic E-state index is 12.3. The van der Waals surface area contributed by atoms with Gasteiger partial charge in [-0.05, 0) is 47.2 Å². The predicted octanol–water partition coefficient (Wildman–Crippen LogP) is 2.42. The number of aromatic nitrogens is 4. The average molecular weight is 372 g/mol. The molecule has 132 valence electrons. The molecule has 0 fully saturated rings. The number of carbonyl (C=O) groups is 2. The number of hydrogen-bond acceptors (Lipinski definition) is 6. The van der Waals surface area contributed by atoms with Crippen molar-refractivity contribution < 1.29 is 14.3 Å². The Labute approximate surface area is 153 Å². The zero-order valence-electron chi connectivity index (χ0n) is 13.7. The monoisotopic (exact) mass is 371 g/mol. The molecule has 26 heavy (non-hydrogen) atoms. The van der Waals surface area contributed by atoms with Crippen molar-refractivity contribution in [3.8, 4) is 5.69 Å². The number of halogens is 1. The van der Waals surface area contributed by atoms with Crippen molar-refractivity contribution in [2.75, 3.05) is 11.9 Å². The van der Waals surface area contributed by atoms with Gasteiger partial charge in [-0.2, -0.15) is 4.68 Å². The van der Waals surface area contributed by atoms with Gasteiger partial charge in [-0.15, -0.1) is 5.10 Å². The van der Waals surface area contributed by atoms with E-state index in [-0.39, 0.29) is 5.56 Å². The largest absolute Gasteiger partial charge is 0.452 e. The summed E-state index contributed by atoms with van der Waals surface area (Å²) in [4.78, 5) is 24.3. The normalized spacial score (nSPS) is 10.4. The number of amides is 1. The number of rotatable bonds is 5. The number of para-hydroxylation sites is 1. The fourth-order valence-corrected chi connectivity index (χ4v) is 2.52. The summed E-state index contributed by atoms with van der Waals surface area (Å²) in [5, 5.41) is 13.8. The van der Waals surface area contributed by atoms with E-state index in [2.05, 4.69) is 20.8 Å². The highest BCUT2D eigenvalue weighted by Gasteiger charge is 2.16. The van der Waals surface area contributed by atoms with E-state index in [1.54, 1.807) is 36.4 Å². The summed E-state index contributed by atoms with van der Waals surface area (Å²) in [5.74, 6) is -1.16. The van der Waals surface area contributed by atoms with Crippen LogP contribution in [0.3, 0.4) is 0 Å². The topological polar surface area (TPSA) is 99.0 Å². The van der Waals surface area contributed by atoms with Crippen molar-refractivity contribution in [1.82, 2.24) is 20.2 Å². The molecule has 3 aromatic rings. The number of benzene rings is 2. The van der Waals surface area contributed by atoms with Crippen molar-refractivity contribution in [2.45, 2.75) is 6.92 Å². The SMILES string of the molecule is Cc1ccc(NC(=O)COC(=O)c2ccccc2-n2cnnn2)c(Cl)c1. The van der Waals surface area contributed by atoms with Crippen molar-refractivity contribution >= 4 is 29.2 Å². The highest BCUT2D eigenvalue weighted by Crippen LogP contribution is 2.22. The predicted molar refractivity (Wildman–Crippen MR) is 94.3 cm³/mol. The van der Waals surface area contributed by atoms with Crippen LogP contribution in [0.1, 0.15) is 15.9 Å². The molecular formula is C17H14ClN5O3. The molecule has 0 aliphatic heterocycles. The van der Waals surface area contributed by atoms with E-state index >= 15 is 0 Å². The third-order valence-corrected chi connectivity index (χ3v) is 3.77. The van der Waals surface area contributed by atoms with Gasteiger partial charge in [0.05, 0.1) is 22.0 Å². The fourth-order valence-electron chi connectivity index (χ4n) is 2.23. The third kappa shape index (κ3) is 4.04. The van der Waals surface area contributed by atoms with E-state index in [1.165, 1.54) is 11.0 Å². The van der Waals surface area contributed by atoms with E-state index < -0.39 is 18.5 Å². The number of hydrogen-bond donors (Lipinski definition) is 1. The Bertz CT molecular complexity index is 943. The van der Waals surface area contributed by atoms with E-state index in [9.17, 15) is 9.59 Å². The first-order valence-electron chi connectivity index (χ1n) is 7.60. The minimum Gasteiger partial charge on any atom is -0.452 e. The van der Waals surface area contributed by atoms with Gasteiger partial charge in [0.25, 0.3) is 5.91 Å². The molecule has 0 aliphatic carbocycles. The molecule has 0 bridgehead atoms. The van der Waals surface area contributed by atoms with Gasteiger partial charge in [-0.1, -0.05) is 29.8 Å². The molecule has 0 atom stereocenters. The molecule has 0 unspecified atom stereocenters. The quantitative estimate of drug-likeness (QED) is 0.691. The fraction of sp³-hybridized carbons (Fsp3) is 0.118. The summed E-state index contributed by atoms with van der Waals surface area (Å²) in [6.45, 7) is 1.44. The molecule has 1 amide bonds. The van der Waals surface area contributed by atoms with Crippen molar-refractivity contribution in [3.63, 3.8) is 0 Å². The summed E-state index contributed by atoms with van der Waals surface area (Å²) in [5.41, 5.74) is 2.11. The zero-order chi connectivity index (χ0) is 18.5. The molecule has 1 N–H and O–H groups in total. The number of nitrogens with zero attached hydrogens (tertiary/aromatic N) is 4. The second kappa shape index (κ2) is 7.75. The van der Waals surface area contributed by atoms with Crippen LogP contribution in [-0.2, 0) is 9.53 Å². The van der Waals surface area contributed by atoms with E-state index in [1.807, 2.05) is 13.0 Å². The van der Waals surface area contributed by atoms with Crippen LogP contribution in [0.4, 0.5) is 5.69 Å². The van der Waals surface area contributed by atoms with Gasteiger partial charge in [-0.3, -0.25) is 4.79 Å². The van der Waals surface area contributed by atoms with Gasteiger partial charge in [0, 0.05) is 0 Å². The molecule has 1 heterocycles. The van der Waals surface area contributed by atoms with Crippen molar-refractivity contribution in [2.24, 2.45) is 0 Å². The Kier molecular flexibility index (Phi) is 5.23. The van der Waals surface area contributed by atoms with Crippen molar-refractivity contribution in [3.05, 3.63) is 64.9 Å². The maximum Gasteiger partial charge on any atom is 0.340 e. The van der Waals surface area contributed by atoms with E-state index in [4.69, 9.17) is 16.3 Å². The Hall–Kier alpha value is -3.26. The molecule has 0 saturated carbocycles. The minimum absolute atomic E-state index is 0.237. The molecular weight excluding hydrogens is 358 g/mol. The lowest BCUT2D eigenvalue weighted by Crippen LogP contribution is -2.21. The van der Waals surface area contributed by atoms with Crippen LogP contribution in [0, 0.1) is 6.92 Å². The Morgan fingerprint density at radius 2 is 2.04 bits per heavy atom. The molecule has 3 rings (SSSR count). The van der Waals surface area contributed by atoms with Crippen LogP contribution in [0.5, 0.6) is 0 Å². The molecule has 0 aliphatic rings. The summed E-state index contributed by atoms with van der Waals surface area (Å²) in [6.07, 6.45) is 1.36. The van der Waals surface area contributed by atoms with Gasteiger partial charge < -0.3 is 10.1 Å². The molecule has 9 heteroatoms. The van der Waals surface area contributed by atoms with Crippen LogP contribution in [0.15, 0.2) is 48.8 Å². The minimum atomic E-state index is -0.666.